The van der Waals surface area contributed by atoms with Gasteiger partial charge in [0.2, 0.25) is 11.8 Å². The van der Waals surface area contributed by atoms with E-state index in [1.54, 1.807) is 0 Å². The molecule has 2 aliphatic rings. The number of para-hydroxylation sites is 1. The quantitative estimate of drug-likeness (QED) is 0.501. The molecule has 3 aromatic rings. The largest absolute Gasteiger partial charge is 0.486 e. The van der Waals surface area contributed by atoms with E-state index in [0.29, 0.717) is 26.2 Å². The van der Waals surface area contributed by atoms with Gasteiger partial charge in [-0.25, -0.2) is 0 Å². The number of carbonyl (C=O) groups is 2. The number of hydrogen-bond donors (Lipinski definition) is 3. The molecule has 1 aromatic heterocycles. The summed E-state index contributed by atoms with van der Waals surface area (Å²) in [6.07, 6.45) is 6.58. The molecule has 0 radical (unpaired) electrons. The second-order valence-electron chi connectivity index (χ2n) is 9.38. The molecule has 1 fully saturated rings. The van der Waals surface area contributed by atoms with E-state index in [1.165, 1.54) is 12.5 Å². The summed E-state index contributed by atoms with van der Waals surface area (Å²) in [4.78, 5) is 28.5. The molecule has 0 spiro atoms. The SMILES string of the molecule is CC(=O)NC(Cc1c[nH]c2ccccc12)C(=O)NCC1(c2ccc3c(c2)OCCO3)CCCC1. The molecular formula is C27H31N3O4. The average molecular weight is 462 g/mol. The van der Waals surface area contributed by atoms with Gasteiger partial charge >= 0.3 is 0 Å². The molecule has 7 nitrogen and oxygen atoms in total. The predicted octanol–water partition coefficient (Wildman–Crippen LogP) is 3.61. The number of fused-ring (bicyclic) bond motifs is 2. The lowest BCUT2D eigenvalue weighted by Gasteiger charge is -2.32. The van der Waals surface area contributed by atoms with Gasteiger partial charge in [-0.3, -0.25) is 9.59 Å². The average Bonchev–Trinajstić information content (AvgIpc) is 3.50. The van der Waals surface area contributed by atoms with Crippen LogP contribution in [0.3, 0.4) is 0 Å². The Labute approximate surface area is 199 Å². The van der Waals surface area contributed by atoms with Crippen LogP contribution in [0.1, 0.15) is 43.7 Å². The van der Waals surface area contributed by atoms with Crippen molar-refractivity contribution in [1.82, 2.24) is 15.6 Å². The Morgan fingerprint density at radius 1 is 1.06 bits per heavy atom. The van der Waals surface area contributed by atoms with Gasteiger partial charge < -0.3 is 25.1 Å². The van der Waals surface area contributed by atoms with Crippen molar-refractivity contribution in [3.63, 3.8) is 0 Å². The Kier molecular flexibility index (Phi) is 6.18. The van der Waals surface area contributed by atoms with Crippen LogP contribution in [-0.2, 0) is 21.4 Å². The first kappa shape index (κ1) is 22.3. The van der Waals surface area contributed by atoms with Crippen molar-refractivity contribution in [2.24, 2.45) is 0 Å². The van der Waals surface area contributed by atoms with E-state index in [2.05, 4.69) is 27.8 Å². The van der Waals surface area contributed by atoms with Crippen LogP contribution in [0.25, 0.3) is 10.9 Å². The van der Waals surface area contributed by atoms with Gasteiger partial charge in [0.15, 0.2) is 11.5 Å². The maximum atomic E-state index is 13.3. The van der Waals surface area contributed by atoms with E-state index in [0.717, 1.165) is 53.6 Å². The van der Waals surface area contributed by atoms with Gasteiger partial charge in [0, 0.05) is 42.4 Å². The normalized spacial score (nSPS) is 17.3. The number of carbonyl (C=O) groups excluding carboxylic acids is 2. The molecule has 1 unspecified atom stereocenters. The van der Waals surface area contributed by atoms with E-state index < -0.39 is 6.04 Å². The fraction of sp³-hybridized carbons (Fsp3) is 0.407. The zero-order chi connectivity index (χ0) is 23.5. The highest BCUT2D eigenvalue weighted by molar-refractivity contribution is 5.89. The number of benzene rings is 2. The summed E-state index contributed by atoms with van der Waals surface area (Å²) in [6, 6.07) is 13.5. The third-order valence-corrected chi connectivity index (χ3v) is 7.11. The summed E-state index contributed by atoms with van der Waals surface area (Å²) >= 11 is 0. The second kappa shape index (κ2) is 9.41. The fourth-order valence-corrected chi connectivity index (χ4v) is 5.35. The maximum absolute atomic E-state index is 13.3. The minimum Gasteiger partial charge on any atom is -0.486 e. The molecule has 3 N–H and O–H groups in total. The van der Waals surface area contributed by atoms with Crippen LogP contribution in [0.5, 0.6) is 11.5 Å². The van der Waals surface area contributed by atoms with Crippen molar-refractivity contribution >= 4 is 22.7 Å². The van der Waals surface area contributed by atoms with Crippen LogP contribution < -0.4 is 20.1 Å². The molecule has 7 heteroatoms. The second-order valence-corrected chi connectivity index (χ2v) is 9.38. The maximum Gasteiger partial charge on any atom is 0.242 e. The van der Waals surface area contributed by atoms with Gasteiger partial charge in [-0.15, -0.1) is 0 Å². The van der Waals surface area contributed by atoms with E-state index >= 15 is 0 Å². The van der Waals surface area contributed by atoms with Crippen molar-refractivity contribution in [1.29, 1.82) is 0 Å². The third kappa shape index (κ3) is 4.47. The highest BCUT2D eigenvalue weighted by atomic mass is 16.6. The lowest BCUT2D eigenvalue weighted by atomic mass is 9.78. The number of amides is 2. The number of ether oxygens (including phenoxy) is 2. The van der Waals surface area contributed by atoms with Crippen LogP contribution in [0.2, 0.25) is 0 Å². The summed E-state index contributed by atoms with van der Waals surface area (Å²) in [5, 5.41) is 7.09. The molecule has 2 aromatic carbocycles. The topological polar surface area (TPSA) is 92.5 Å². The number of hydrogen-bond acceptors (Lipinski definition) is 4. The molecule has 5 rings (SSSR count). The van der Waals surface area contributed by atoms with Crippen molar-refractivity contribution in [3.05, 3.63) is 59.8 Å². The highest BCUT2D eigenvalue weighted by Gasteiger charge is 2.37. The number of rotatable bonds is 7. The third-order valence-electron chi connectivity index (χ3n) is 7.11. The minimum atomic E-state index is -0.643. The molecule has 0 bridgehead atoms. The summed E-state index contributed by atoms with van der Waals surface area (Å²) in [5.41, 5.74) is 3.05. The summed E-state index contributed by atoms with van der Waals surface area (Å²) < 4.78 is 11.5. The molecule has 2 amide bonds. The lowest BCUT2D eigenvalue weighted by molar-refractivity contribution is -0.128. The van der Waals surface area contributed by atoms with Crippen LogP contribution in [0.4, 0.5) is 0 Å². The monoisotopic (exact) mass is 461 g/mol. The fourth-order valence-electron chi connectivity index (χ4n) is 5.35. The summed E-state index contributed by atoms with van der Waals surface area (Å²) in [7, 11) is 0. The predicted molar refractivity (Wildman–Crippen MR) is 130 cm³/mol. The Morgan fingerprint density at radius 3 is 2.62 bits per heavy atom. The first-order chi connectivity index (χ1) is 16.5. The van der Waals surface area contributed by atoms with Crippen LogP contribution in [0.15, 0.2) is 48.7 Å². The van der Waals surface area contributed by atoms with Crippen LogP contribution in [0, 0.1) is 0 Å². The first-order valence-electron chi connectivity index (χ1n) is 12.0. The van der Waals surface area contributed by atoms with Crippen molar-refractivity contribution in [2.45, 2.75) is 50.5 Å². The molecule has 1 aliphatic carbocycles. The highest BCUT2D eigenvalue weighted by Crippen LogP contribution is 2.43. The molecule has 178 valence electrons. The lowest BCUT2D eigenvalue weighted by Crippen LogP contribution is -2.50. The molecule has 1 aliphatic heterocycles. The zero-order valence-corrected chi connectivity index (χ0v) is 19.5. The van der Waals surface area contributed by atoms with Crippen LogP contribution >= 0.6 is 0 Å². The van der Waals surface area contributed by atoms with Gasteiger partial charge in [0.1, 0.15) is 19.3 Å². The molecule has 0 saturated heterocycles. The molecule has 34 heavy (non-hydrogen) atoms. The Morgan fingerprint density at radius 2 is 1.82 bits per heavy atom. The van der Waals surface area contributed by atoms with Crippen LogP contribution in [-0.4, -0.2) is 42.6 Å². The van der Waals surface area contributed by atoms with Gasteiger partial charge in [-0.05, 0) is 42.2 Å². The van der Waals surface area contributed by atoms with Crippen molar-refractivity contribution in [3.8, 4) is 11.5 Å². The smallest absolute Gasteiger partial charge is 0.242 e. The van der Waals surface area contributed by atoms with Crippen molar-refractivity contribution in [2.75, 3.05) is 19.8 Å². The molecule has 1 atom stereocenters. The molecular weight excluding hydrogens is 430 g/mol. The van der Waals surface area contributed by atoms with Crippen molar-refractivity contribution < 1.29 is 19.1 Å². The standard InChI is InChI=1S/C27H31N3O4/c1-18(31)30-23(14-19-16-28-22-7-3-2-6-21(19)22)26(32)29-17-27(10-4-5-11-27)20-8-9-24-25(15-20)34-13-12-33-24/h2-3,6-9,15-16,23,28H,4-5,10-14,17H2,1H3,(H,29,32)(H,30,31). The Balaban J connectivity index is 1.33. The van der Waals surface area contributed by atoms with E-state index in [9.17, 15) is 9.59 Å². The van der Waals surface area contributed by atoms with E-state index in [-0.39, 0.29) is 17.2 Å². The van der Waals surface area contributed by atoms with Gasteiger partial charge in [-0.2, -0.15) is 0 Å². The van der Waals surface area contributed by atoms with E-state index in [4.69, 9.17) is 9.47 Å². The van der Waals surface area contributed by atoms with E-state index in [1.807, 2.05) is 36.5 Å². The first-order valence-corrected chi connectivity index (χ1v) is 12.0. The van der Waals surface area contributed by atoms with Gasteiger partial charge in [0.25, 0.3) is 0 Å². The summed E-state index contributed by atoms with van der Waals surface area (Å²) in [5.74, 6) is 1.17. The number of nitrogens with one attached hydrogen (secondary N) is 3. The summed E-state index contributed by atoms with van der Waals surface area (Å²) in [6.45, 7) is 3.08. The minimum absolute atomic E-state index is 0.146. The number of aromatic nitrogens is 1. The molecule has 2 heterocycles. The van der Waals surface area contributed by atoms with Gasteiger partial charge in [-0.1, -0.05) is 37.1 Å². The van der Waals surface area contributed by atoms with Gasteiger partial charge in [0.05, 0.1) is 0 Å². The zero-order valence-electron chi connectivity index (χ0n) is 19.5. The number of H-pyrrole nitrogens is 1. The Bertz CT molecular complexity index is 1200. The Hall–Kier alpha value is -3.48. The molecule has 1 saturated carbocycles. The number of aromatic amines is 1.